The van der Waals surface area contributed by atoms with Crippen molar-refractivity contribution in [2.75, 3.05) is 13.6 Å². The summed E-state index contributed by atoms with van der Waals surface area (Å²) in [6.07, 6.45) is 12.0. The lowest BCUT2D eigenvalue weighted by Crippen LogP contribution is -2.28. The number of nitrogens with zero attached hydrogens (tertiary/aromatic N) is 3. The lowest BCUT2D eigenvalue weighted by atomic mass is 10.1. The van der Waals surface area contributed by atoms with Crippen LogP contribution in [-0.4, -0.2) is 23.7 Å². The van der Waals surface area contributed by atoms with Crippen molar-refractivity contribution in [3.05, 3.63) is 17.8 Å². The molecule has 0 unspecified atom stereocenters. The highest BCUT2D eigenvalue weighted by molar-refractivity contribution is 5.02. The van der Waals surface area contributed by atoms with Crippen molar-refractivity contribution in [2.45, 2.75) is 45.4 Å². The van der Waals surface area contributed by atoms with Gasteiger partial charge in [-0.3, -0.25) is 5.12 Å². The van der Waals surface area contributed by atoms with E-state index in [-0.39, 0.29) is 0 Å². The molecule has 0 saturated carbocycles. The largest absolute Gasteiger partial charge is 0.606 e. The Morgan fingerprint density at radius 1 is 1.07 bits per heavy atom. The highest BCUT2D eigenvalue weighted by Gasteiger charge is 2.01. The van der Waals surface area contributed by atoms with Crippen LogP contribution in [-0.2, 0) is 0 Å². The Bertz CT molecular complexity index is 168. The minimum atomic E-state index is 1.10. The Labute approximate surface area is 87.7 Å². The average Bonchev–Trinajstić information content (AvgIpc) is 2.58. The molecule has 0 amide bonds. The second kappa shape index (κ2) is 6.71. The van der Waals surface area contributed by atoms with Gasteiger partial charge in [-0.05, 0) is 19.7 Å². The minimum Gasteiger partial charge on any atom is -0.606 e. The molecule has 82 valence electrons. The zero-order chi connectivity index (χ0) is 10.2. The van der Waals surface area contributed by atoms with Crippen LogP contribution in [0.1, 0.15) is 45.4 Å². The van der Waals surface area contributed by atoms with Crippen molar-refractivity contribution in [2.24, 2.45) is 0 Å². The van der Waals surface area contributed by atoms with Crippen LogP contribution in [0.15, 0.2) is 12.4 Å². The van der Waals surface area contributed by atoms with Gasteiger partial charge in [0.2, 0.25) is 0 Å². The molecule has 0 atom stereocenters. The van der Waals surface area contributed by atoms with E-state index in [0.29, 0.717) is 0 Å². The van der Waals surface area contributed by atoms with Gasteiger partial charge in [0.05, 0.1) is 0 Å². The maximum absolute atomic E-state index is 4.12. The molecule has 0 spiro atoms. The van der Waals surface area contributed by atoms with Crippen LogP contribution in [0.25, 0.3) is 5.43 Å². The molecule has 3 heteroatoms. The monoisotopic (exact) mass is 196 g/mol. The van der Waals surface area contributed by atoms with Crippen molar-refractivity contribution in [3.8, 4) is 0 Å². The SMILES string of the molecule is CCCCCCCCN1C=C[N-]N1C. The van der Waals surface area contributed by atoms with Gasteiger partial charge in [-0.15, -0.1) is 6.20 Å². The molecule has 0 N–H and O–H groups in total. The maximum Gasteiger partial charge on any atom is 0.0326 e. The van der Waals surface area contributed by atoms with E-state index in [9.17, 15) is 0 Å². The molecular weight excluding hydrogens is 174 g/mol. The molecule has 1 aliphatic heterocycles. The third kappa shape index (κ3) is 4.01. The number of rotatable bonds is 7. The second-order valence-electron chi connectivity index (χ2n) is 3.83. The predicted molar refractivity (Wildman–Crippen MR) is 60.3 cm³/mol. The summed E-state index contributed by atoms with van der Waals surface area (Å²) >= 11 is 0. The lowest BCUT2D eigenvalue weighted by Gasteiger charge is -2.34. The van der Waals surface area contributed by atoms with Gasteiger partial charge in [0.1, 0.15) is 0 Å². The first kappa shape index (κ1) is 11.4. The van der Waals surface area contributed by atoms with Crippen LogP contribution in [0.4, 0.5) is 0 Å². The van der Waals surface area contributed by atoms with Crippen LogP contribution < -0.4 is 0 Å². The van der Waals surface area contributed by atoms with E-state index in [1.165, 1.54) is 38.5 Å². The first-order chi connectivity index (χ1) is 6.84. The van der Waals surface area contributed by atoms with E-state index >= 15 is 0 Å². The summed E-state index contributed by atoms with van der Waals surface area (Å²) in [4.78, 5) is 0. The van der Waals surface area contributed by atoms with Crippen molar-refractivity contribution in [3.63, 3.8) is 0 Å². The number of unbranched alkanes of at least 4 members (excludes halogenated alkanes) is 5. The van der Waals surface area contributed by atoms with Gasteiger partial charge in [0.25, 0.3) is 0 Å². The molecule has 1 heterocycles. The normalized spacial score (nSPS) is 16.3. The summed E-state index contributed by atoms with van der Waals surface area (Å²) in [5.74, 6) is 0. The van der Waals surface area contributed by atoms with Crippen LogP contribution >= 0.6 is 0 Å². The van der Waals surface area contributed by atoms with Crippen LogP contribution in [0.2, 0.25) is 0 Å². The van der Waals surface area contributed by atoms with E-state index in [2.05, 4.69) is 17.4 Å². The van der Waals surface area contributed by atoms with Gasteiger partial charge in [-0.2, -0.15) is 0 Å². The van der Waals surface area contributed by atoms with E-state index in [4.69, 9.17) is 0 Å². The Hall–Kier alpha value is -0.700. The van der Waals surface area contributed by atoms with Gasteiger partial charge >= 0.3 is 0 Å². The molecule has 0 fully saturated rings. The van der Waals surface area contributed by atoms with E-state index in [1.54, 1.807) is 0 Å². The predicted octanol–water partition coefficient (Wildman–Crippen LogP) is 3.27. The first-order valence-corrected chi connectivity index (χ1v) is 5.72. The van der Waals surface area contributed by atoms with Crippen LogP contribution in [0, 0.1) is 0 Å². The molecule has 0 aromatic heterocycles. The number of hydrazine groups is 1. The second-order valence-corrected chi connectivity index (χ2v) is 3.83. The van der Waals surface area contributed by atoms with Gasteiger partial charge < -0.3 is 10.4 Å². The fourth-order valence-electron chi connectivity index (χ4n) is 1.64. The zero-order valence-electron chi connectivity index (χ0n) is 9.45. The number of hydrogen-bond donors (Lipinski definition) is 0. The molecule has 0 aliphatic carbocycles. The lowest BCUT2D eigenvalue weighted by molar-refractivity contribution is 0.110. The molecule has 0 bridgehead atoms. The molecule has 14 heavy (non-hydrogen) atoms. The third-order valence-electron chi connectivity index (χ3n) is 2.59. The fourth-order valence-corrected chi connectivity index (χ4v) is 1.64. The Morgan fingerprint density at radius 2 is 1.79 bits per heavy atom. The standard InChI is InChI=1S/C11H22N3/c1-3-4-5-6-7-8-10-14-11-9-12-13(14)2/h9,11H,3-8,10H2,1-2H3/q-1. The van der Waals surface area contributed by atoms with Crippen LogP contribution in [0.3, 0.4) is 0 Å². The Kier molecular flexibility index (Phi) is 5.45. The number of hydrogen-bond acceptors (Lipinski definition) is 2. The average molecular weight is 196 g/mol. The molecule has 1 rings (SSSR count). The molecule has 0 radical (unpaired) electrons. The van der Waals surface area contributed by atoms with Crippen molar-refractivity contribution in [1.29, 1.82) is 0 Å². The summed E-state index contributed by atoms with van der Waals surface area (Å²) in [5, 5.41) is 4.05. The van der Waals surface area contributed by atoms with Crippen LogP contribution in [0.5, 0.6) is 0 Å². The third-order valence-corrected chi connectivity index (χ3v) is 2.59. The quantitative estimate of drug-likeness (QED) is 0.582. The van der Waals surface area contributed by atoms with E-state index in [0.717, 1.165) is 6.54 Å². The molecule has 1 aliphatic rings. The summed E-state index contributed by atoms with van der Waals surface area (Å²) in [5.41, 5.74) is 4.12. The van der Waals surface area contributed by atoms with Gasteiger partial charge in [-0.1, -0.05) is 39.0 Å². The zero-order valence-corrected chi connectivity index (χ0v) is 9.45. The summed E-state index contributed by atoms with van der Waals surface area (Å²) in [7, 11) is 1.98. The van der Waals surface area contributed by atoms with Gasteiger partial charge in [0.15, 0.2) is 0 Å². The fraction of sp³-hybridized carbons (Fsp3) is 0.818. The Morgan fingerprint density at radius 3 is 2.43 bits per heavy atom. The smallest absolute Gasteiger partial charge is 0.0326 e. The first-order valence-electron chi connectivity index (χ1n) is 5.72. The van der Waals surface area contributed by atoms with E-state index in [1.807, 2.05) is 24.6 Å². The molecule has 0 aromatic carbocycles. The van der Waals surface area contributed by atoms with Crippen molar-refractivity contribution >= 4 is 0 Å². The topological polar surface area (TPSA) is 20.6 Å². The van der Waals surface area contributed by atoms with E-state index < -0.39 is 0 Å². The maximum atomic E-state index is 4.12. The highest BCUT2D eigenvalue weighted by atomic mass is 15.8. The van der Waals surface area contributed by atoms with Crippen molar-refractivity contribution in [1.82, 2.24) is 10.1 Å². The molecule has 0 saturated heterocycles. The summed E-state index contributed by atoms with van der Waals surface area (Å²) in [6.45, 7) is 3.36. The molecule has 3 nitrogen and oxygen atoms in total. The van der Waals surface area contributed by atoms with Gasteiger partial charge in [0, 0.05) is 6.54 Å². The summed E-state index contributed by atoms with van der Waals surface area (Å²) < 4.78 is 0. The molecule has 0 aromatic rings. The highest BCUT2D eigenvalue weighted by Crippen LogP contribution is 2.13. The van der Waals surface area contributed by atoms with Crippen molar-refractivity contribution < 1.29 is 0 Å². The molecular formula is C11H22N3-. The Balaban J connectivity index is 1.91. The van der Waals surface area contributed by atoms with Gasteiger partial charge in [-0.25, -0.2) is 0 Å². The minimum absolute atomic E-state index is 1.10. The summed E-state index contributed by atoms with van der Waals surface area (Å²) in [6, 6.07) is 0.